The van der Waals surface area contributed by atoms with Crippen LogP contribution in [0.15, 0.2) is 0 Å². The summed E-state index contributed by atoms with van der Waals surface area (Å²) in [5.74, 6) is -0.0110. The normalized spacial score (nSPS) is 14.0. The molecule has 120 valence electrons. The Labute approximate surface area is 124 Å². The average Bonchev–Trinajstić information content (AvgIpc) is 2.40. The summed E-state index contributed by atoms with van der Waals surface area (Å²) in [6.07, 6.45) is 10.0. The van der Waals surface area contributed by atoms with Crippen LogP contribution in [0.25, 0.3) is 0 Å². The summed E-state index contributed by atoms with van der Waals surface area (Å²) in [5.41, 5.74) is 0. The predicted molar refractivity (Wildman–Crippen MR) is 82.6 cm³/mol. The van der Waals surface area contributed by atoms with Crippen LogP contribution in [0.2, 0.25) is 0 Å². The van der Waals surface area contributed by atoms with Crippen LogP contribution in [0.5, 0.6) is 0 Å². The van der Waals surface area contributed by atoms with Gasteiger partial charge in [-0.25, -0.2) is 0 Å². The number of rotatable bonds is 13. The third-order valence-electron chi connectivity index (χ3n) is 3.48. The lowest BCUT2D eigenvalue weighted by molar-refractivity contribution is -0.123. The first-order chi connectivity index (χ1) is 9.61. The van der Waals surface area contributed by atoms with E-state index in [-0.39, 0.29) is 24.8 Å². The van der Waals surface area contributed by atoms with Gasteiger partial charge in [0.1, 0.15) is 6.79 Å². The molecule has 0 heterocycles. The van der Waals surface area contributed by atoms with Crippen LogP contribution in [-0.4, -0.2) is 32.0 Å². The van der Waals surface area contributed by atoms with Crippen LogP contribution in [-0.2, 0) is 14.3 Å². The van der Waals surface area contributed by atoms with Gasteiger partial charge in [-0.2, -0.15) is 0 Å². The van der Waals surface area contributed by atoms with Gasteiger partial charge in [0, 0.05) is 14.0 Å². The fourth-order valence-corrected chi connectivity index (χ4v) is 2.35. The molecule has 0 fully saturated rings. The van der Waals surface area contributed by atoms with Gasteiger partial charge in [-0.3, -0.25) is 4.79 Å². The maximum atomic E-state index is 11.1. The molecule has 0 unspecified atom stereocenters. The maximum absolute atomic E-state index is 11.1. The average molecular weight is 287 g/mol. The summed E-state index contributed by atoms with van der Waals surface area (Å²) < 4.78 is 10.6. The van der Waals surface area contributed by atoms with Crippen molar-refractivity contribution in [3.05, 3.63) is 0 Å². The fraction of sp³-hybridized carbons (Fsp3) is 0.938. The zero-order valence-corrected chi connectivity index (χ0v) is 13.7. The highest BCUT2D eigenvalue weighted by molar-refractivity contribution is 5.73. The summed E-state index contributed by atoms with van der Waals surface area (Å²) in [7, 11) is 1.62. The molecule has 20 heavy (non-hydrogen) atoms. The number of amides is 1. The molecule has 4 nitrogen and oxygen atoms in total. The molecule has 4 heteroatoms. The molecule has 0 aromatic rings. The molecule has 1 amide bonds. The van der Waals surface area contributed by atoms with Gasteiger partial charge in [-0.05, 0) is 13.3 Å². The molecule has 0 aromatic carbocycles. The van der Waals surface area contributed by atoms with E-state index >= 15 is 0 Å². The molecule has 2 atom stereocenters. The highest BCUT2D eigenvalue weighted by Crippen LogP contribution is 2.13. The van der Waals surface area contributed by atoms with Crippen molar-refractivity contribution in [2.24, 2.45) is 0 Å². The van der Waals surface area contributed by atoms with E-state index < -0.39 is 0 Å². The first kappa shape index (κ1) is 19.4. The molecule has 0 radical (unpaired) electrons. The summed E-state index contributed by atoms with van der Waals surface area (Å²) in [6, 6.07) is 0.0303. The van der Waals surface area contributed by atoms with Crippen molar-refractivity contribution in [1.82, 2.24) is 5.32 Å². The summed E-state index contributed by atoms with van der Waals surface area (Å²) in [5, 5.41) is 2.90. The van der Waals surface area contributed by atoms with Crippen LogP contribution in [0.3, 0.4) is 0 Å². The van der Waals surface area contributed by atoms with E-state index in [0.29, 0.717) is 0 Å². The van der Waals surface area contributed by atoms with Crippen molar-refractivity contribution < 1.29 is 14.3 Å². The Bertz CT molecular complexity index is 234. The zero-order valence-electron chi connectivity index (χ0n) is 13.7. The molecule has 0 saturated heterocycles. The van der Waals surface area contributed by atoms with Gasteiger partial charge in [0.25, 0.3) is 0 Å². The number of hydrogen-bond acceptors (Lipinski definition) is 3. The van der Waals surface area contributed by atoms with Crippen LogP contribution in [0.1, 0.15) is 72.1 Å². The number of methoxy groups -OCH3 is 1. The summed E-state index contributed by atoms with van der Waals surface area (Å²) >= 11 is 0. The minimum atomic E-state index is -0.0110. The van der Waals surface area contributed by atoms with Gasteiger partial charge >= 0.3 is 0 Å². The molecule has 1 N–H and O–H groups in total. The SMILES string of the molecule is CCCCCCCCC[C@H](OCOC)[C@@H](C)NC(C)=O. The number of nitrogens with one attached hydrogen (secondary N) is 1. The Hall–Kier alpha value is -0.610. The van der Waals surface area contributed by atoms with E-state index in [1.165, 1.54) is 45.4 Å². The smallest absolute Gasteiger partial charge is 0.217 e. The van der Waals surface area contributed by atoms with Crippen molar-refractivity contribution >= 4 is 5.91 Å². The Kier molecular flexibility index (Phi) is 13.0. The van der Waals surface area contributed by atoms with E-state index in [9.17, 15) is 4.79 Å². The summed E-state index contributed by atoms with van der Waals surface area (Å²) in [6.45, 7) is 6.05. The largest absolute Gasteiger partial charge is 0.359 e. The lowest BCUT2D eigenvalue weighted by atomic mass is 10.0. The van der Waals surface area contributed by atoms with Crippen LogP contribution in [0.4, 0.5) is 0 Å². The van der Waals surface area contributed by atoms with Gasteiger partial charge in [0.05, 0.1) is 12.1 Å². The predicted octanol–water partition coefficient (Wildman–Crippen LogP) is 3.64. The van der Waals surface area contributed by atoms with E-state index in [4.69, 9.17) is 9.47 Å². The second-order valence-electron chi connectivity index (χ2n) is 5.51. The van der Waals surface area contributed by atoms with Gasteiger partial charge in [-0.1, -0.05) is 51.9 Å². The molecular formula is C16H33NO3. The van der Waals surface area contributed by atoms with Crippen LogP contribution in [0, 0.1) is 0 Å². The molecule has 0 saturated carbocycles. The Balaban J connectivity index is 3.82. The number of carbonyl (C=O) groups is 1. The zero-order chi connectivity index (χ0) is 15.2. The molecule has 0 bridgehead atoms. The number of unbranched alkanes of at least 4 members (excludes halogenated alkanes) is 6. The minimum Gasteiger partial charge on any atom is -0.359 e. The van der Waals surface area contributed by atoms with Gasteiger partial charge in [0.15, 0.2) is 0 Å². The maximum Gasteiger partial charge on any atom is 0.217 e. The molecule has 0 aliphatic rings. The fourth-order valence-electron chi connectivity index (χ4n) is 2.35. The highest BCUT2D eigenvalue weighted by Gasteiger charge is 2.18. The Morgan fingerprint density at radius 2 is 1.70 bits per heavy atom. The van der Waals surface area contributed by atoms with Crippen molar-refractivity contribution in [2.75, 3.05) is 13.9 Å². The van der Waals surface area contributed by atoms with E-state index in [2.05, 4.69) is 12.2 Å². The second kappa shape index (κ2) is 13.4. The van der Waals surface area contributed by atoms with Gasteiger partial charge < -0.3 is 14.8 Å². The highest BCUT2D eigenvalue weighted by atomic mass is 16.7. The Morgan fingerprint density at radius 3 is 2.25 bits per heavy atom. The molecular weight excluding hydrogens is 254 g/mol. The van der Waals surface area contributed by atoms with Gasteiger partial charge in [-0.15, -0.1) is 0 Å². The minimum absolute atomic E-state index is 0.0110. The third kappa shape index (κ3) is 11.2. The van der Waals surface area contributed by atoms with E-state index in [1.807, 2.05) is 6.92 Å². The van der Waals surface area contributed by atoms with Gasteiger partial charge in [0.2, 0.25) is 5.91 Å². The number of ether oxygens (including phenoxy) is 2. The number of carbonyl (C=O) groups excluding carboxylic acids is 1. The Morgan fingerprint density at radius 1 is 1.10 bits per heavy atom. The first-order valence-electron chi connectivity index (χ1n) is 7.99. The van der Waals surface area contributed by atoms with Crippen LogP contribution >= 0.6 is 0 Å². The monoisotopic (exact) mass is 287 g/mol. The number of hydrogen-bond donors (Lipinski definition) is 1. The van der Waals surface area contributed by atoms with Crippen molar-refractivity contribution in [3.8, 4) is 0 Å². The lowest BCUT2D eigenvalue weighted by Gasteiger charge is -2.24. The first-order valence-corrected chi connectivity index (χ1v) is 7.99. The van der Waals surface area contributed by atoms with Crippen molar-refractivity contribution in [1.29, 1.82) is 0 Å². The van der Waals surface area contributed by atoms with E-state index in [1.54, 1.807) is 7.11 Å². The third-order valence-corrected chi connectivity index (χ3v) is 3.48. The van der Waals surface area contributed by atoms with Crippen LogP contribution < -0.4 is 5.32 Å². The molecule has 0 aromatic heterocycles. The van der Waals surface area contributed by atoms with Crippen molar-refractivity contribution in [3.63, 3.8) is 0 Å². The summed E-state index contributed by atoms with van der Waals surface area (Å²) in [4.78, 5) is 11.1. The van der Waals surface area contributed by atoms with Crippen molar-refractivity contribution in [2.45, 2.75) is 84.3 Å². The second-order valence-corrected chi connectivity index (χ2v) is 5.51. The molecule has 0 rings (SSSR count). The lowest BCUT2D eigenvalue weighted by Crippen LogP contribution is -2.41. The quantitative estimate of drug-likeness (QED) is 0.415. The van der Waals surface area contributed by atoms with E-state index in [0.717, 1.165) is 12.8 Å². The molecule has 0 aliphatic carbocycles. The molecule has 0 aliphatic heterocycles. The standard InChI is InChI=1S/C16H33NO3/c1-5-6-7-8-9-10-11-12-16(20-13-19-4)14(2)17-15(3)18/h14,16H,5-13H2,1-4H3,(H,17,18)/t14-,16+/m1/s1. The molecule has 0 spiro atoms. The topological polar surface area (TPSA) is 47.6 Å².